The molecule has 2 aromatic rings. The van der Waals surface area contributed by atoms with Gasteiger partial charge in [0.2, 0.25) is 15.9 Å². The monoisotopic (exact) mass is 456 g/mol. The van der Waals surface area contributed by atoms with Crippen molar-refractivity contribution in [3.05, 3.63) is 53.1 Å². The standard InChI is InChI=1S/C20H25ClN2O4S2/c1-23(2)29(25,26)18-9-10-19(27-3)15(14-18)4-11-20(24)22-12-13-28-17-7-5-16(21)6-8-17/h5-10,14H,4,11-13H2,1-3H3,(H,22,24). The molecule has 2 aromatic carbocycles. The fraction of sp³-hybridized carbons (Fsp3) is 0.350. The number of nitrogens with one attached hydrogen (secondary N) is 1. The summed E-state index contributed by atoms with van der Waals surface area (Å²) in [7, 11) is 0.939. The lowest BCUT2D eigenvalue weighted by Crippen LogP contribution is -2.26. The summed E-state index contributed by atoms with van der Waals surface area (Å²) in [6.07, 6.45) is 0.629. The predicted molar refractivity (Wildman–Crippen MR) is 117 cm³/mol. The van der Waals surface area contributed by atoms with E-state index in [1.54, 1.807) is 23.9 Å². The Kier molecular flexibility index (Phi) is 8.82. The van der Waals surface area contributed by atoms with E-state index < -0.39 is 10.0 Å². The van der Waals surface area contributed by atoms with Crippen LogP contribution in [0.25, 0.3) is 0 Å². The summed E-state index contributed by atoms with van der Waals surface area (Å²) in [4.78, 5) is 13.4. The molecule has 1 amide bonds. The maximum absolute atomic E-state index is 12.3. The van der Waals surface area contributed by atoms with E-state index in [1.807, 2.05) is 24.3 Å². The Balaban J connectivity index is 1.87. The maximum Gasteiger partial charge on any atom is 0.242 e. The second-order valence-corrected chi connectivity index (χ2v) is 10.2. The predicted octanol–water partition coefficient (Wildman–Crippen LogP) is 3.44. The fourth-order valence-corrected chi connectivity index (χ4v) is 4.40. The summed E-state index contributed by atoms with van der Waals surface area (Å²) in [5, 5.41) is 3.58. The molecule has 0 saturated heterocycles. The van der Waals surface area contributed by atoms with E-state index in [0.29, 0.717) is 29.3 Å². The van der Waals surface area contributed by atoms with Gasteiger partial charge in [-0.15, -0.1) is 11.8 Å². The normalized spacial score (nSPS) is 11.5. The molecule has 0 bridgehead atoms. The zero-order valence-corrected chi connectivity index (χ0v) is 19.0. The minimum atomic E-state index is -3.54. The van der Waals surface area contributed by atoms with Gasteiger partial charge in [0.25, 0.3) is 0 Å². The molecule has 0 saturated carbocycles. The Bertz CT molecular complexity index is 932. The maximum atomic E-state index is 12.3. The lowest BCUT2D eigenvalue weighted by Gasteiger charge is -2.14. The van der Waals surface area contributed by atoms with E-state index in [9.17, 15) is 13.2 Å². The van der Waals surface area contributed by atoms with Crippen molar-refractivity contribution in [1.29, 1.82) is 0 Å². The SMILES string of the molecule is COc1ccc(S(=O)(=O)N(C)C)cc1CCC(=O)NCCSc1ccc(Cl)cc1. The lowest BCUT2D eigenvalue weighted by molar-refractivity contribution is -0.120. The number of carbonyl (C=O) groups excluding carboxylic acids is 1. The van der Waals surface area contributed by atoms with Crippen LogP contribution >= 0.6 is 23.4 Å². The highest BCUT2D eigenvalue weighted by Crippen LogP contribution is 2.25. The van der Waals surface area contributed by atoms with Gasteiger partial charge >= 0.3 is 0 Å². The second-order valence-electron chi connectivity index (χ2n) is 6.41. The number of sulfonamides is 1. The summed E-state index contributed by atoms with van der Waals surface area (Å²) >= 11 is 7.49. The zero-order chi connectivity index (χ0) is 21.4. The molecule has 0 radical (unpaired) electrons. The minimum absolute atomic E-state index is 0.0929. The van der Waals surface area contributed by atoms with E-state index in [4.69, 9.17) is 16.3 Å². The summed E-state index contributed by atoms with van der Waals surface area (Å²) in [6, 6.07) is 12.2. The summed E-state index contributed by atoms with van der Waals surface area (Å²) < 4.78 is 31.1. The molecular weight excluding hydrogens is 432 g/mol. The molecule has 0 aliphatic heterocycles. The Hall–Kier alpha value is -1.74. The highest BCUT2D eigenvalue weighted by molar-refractivity contribution is 7.99. The van der Waals surface area contributed by atoms with Crippen LogP contribution in [0.2, 0.25) is 5.02 Å². The Morgan fingerprint density at radius 3 is 2.48 bits per heavy atom. The number of thioether (sulfide) groups is 1. The number of carbonyl (C=O) groups is 1. The van der Waals surface area contributed by atoms with Crippen LogP contribution in [-0.4, -0.2) is 52.1 Å². The number of hydrogen-bond acceptors (Lipinski definition) is 5. The van der Waals surface area contributed by atoms with Crippen LogP contribution in [0.1, 0.15) is 12.0 Å². The van der Waals surface area contributed by atoms with E-state index in [2.05, 4.69) is 5.32 Å². The Morgan fingerprint density at radius 1 is 1.17 bits per heavy atom. The van der Waals surface area contributed by atoms with Gasteiger partial charge in [0.15, 0.2) is 0 Å². The smallest absolute Gasteiger partial charge is 0.242 e. The first kappa shape index (κ1) is 23.5. The van der Waals surface area contributed by atoms with Crippen molar-refractivity contribution in [1.82, 2.24) is 9.62 Å². The van der Waals surface area contributed by atoms with Crippen LogP contribution in [-0.2, 0) is 21.2 Å². The van der Waals surface area contributed by atoms with Crippen molar-refractivity contribution >= 4 is 39.3 Å². The third kappa shape index (κ3) is 6.92. The first-order valence-corrected chi connectivity index (χ1v) is 11.8. The summed E-state index contributed by atoms with van der Waals surface area (Å²) in [5.74, 6) is 1.21. The molecule has 0 heterocycles. The first-order chi connectivity index (χ1) is 13.7. The van der Waals surface area contributed by atoms with Crippen LogP contribution in [0.15, 0.2) is 52.3 Å². The highest BCUT2D eigenvalue weighted by atomic mass is 35.5. The molecule has 0 aromatic heterocycles. The van der Waals surface area contributed by atoms with Crippen molar-refractivity contribution < 1.29 is 17.9 Å². The van der Waals surface area contributed by atoms with Crippen molar-refractivity contribution in [3.8, 4) is 5.75 Å². The largest absolute Gasteiger partial charge is 0.496 e. The van der Waals surface area contributed by atoms with E-state index in [0.717, 1.165) is 15.0 Å². The average Bonchev–Trinajstić information content (AvgIpc) is 2.70. The van der Waals surface area contributed by atoms with Crippen LogP contribution in [0.3, 0.4) is 0 Å². The topological polar surface area (TPSA) is 75.7 Å². The fourth-order valence-electron chi connectivity index (χ4n) is 2.55. The number of hydrogen-bond donors (Lipinski definition) is 1. The van der Waals surface area contributed by atoms with Crippen molar-refractivity contribution in [3.63, 3.8) is 0 Å². The van der Waals surface area contributed by atoms with Gasteiger partial charge in [-0.25, -0.2) is 12.7 Å². The highest BCUT2D eigenvalue weighted by Gasteiger charge is 2.19. The van der Waals surface area contributed by atoms with E-state index in [1.165, 1.54) is 27.3 Å². The van der Waals surface area contributed by atoms with Gasteiger partial charge in [-0.3, -0.25) is 4.79 Å². The molecule has 0 spiro atoms. The van der Waals surface area contributed by atoms with Crippen LogP contribution in [0.4, 0.5) is 0 Å². The molecular formula is C20H25ClN2O4S2. The number of ether oxygens (including phenoxy) is 1. The molecule has 0 aliphatic rings. The van der Waals surface area contributed by atoms with Crippen molar-refractivity contribution in [2.45, 2.75) is 22.6 Å². The molecule has 0 atom stereocenters. The van der Waals surface area contributed by atoms with Gasteiger partial charge in [-0.1, -0.05) is 11.6 Å². The average molecular weight is 457 g/mol. The molecule has 2 rings (SSSR count). The molecule has 0 fully saturated rings. The number of halogens is 1. The number of rotatable bonds is 10. The van der Waals surface area contributed by atoms with Crippen LogP contribution in [0.5, 0.6) is 5.75 Å². The van der Waals surface area contributed by atoms with Gasteiger partial charge in [-0.2, -0.15) is 0 Å². The quantitative estimate of drug-likeness (QED) is 0.437. The molecule has 1 N–H and O–H groups in total. The number of methoxy groups -OCH3 is 1. The third-order valence-corrected chi connectivity index (χ3v) is 7.24. The summed E-state index contributed by atoms with van der Waals surface area (Å²) in [5.41, 5.74) is 0.682. The molecule has 158 valence electrons. The number of amides is 1. The Morgan fingerprint density at radius 2 is 1.86 bits per heavy atom. The number of nitrogens with zero attached hydrogens (tertiary/aromatic N) is 1. The van der Waals surface area contributed by atoms with Crippen molar-refractivity contribution in [2.24, 2.45) is 0 Å². The number of aryl methyl sites for hydroxylation is 1. The third-order valence-electron chi connectivity index (χ3n) is 4.16. The van der Waals surface area contributed by atoms with Crippen LogP contribution in [0, 0.1) is 0 Å². The molecule has 29 heavy (non-hydrogen) atoms. The van der Waals surface area contributed by atoms with Gasteiger partial charge in [0.1, 0.15) is 5.75 Å². The second kappa shape index (κ2) is 10.9. The molecule has 6 nitrogen and oxygen atoms in total. The zero-order valence-electron chi connectivity index (χ0n) is 16.6. The number of benzene rings is 2. The molecule has 9 heteroatoms. The van der Waals surface area contributed by atoms with Gasteiger partial charge in [0.05, 0.1) is 12.0 Å². The molecule has 0 aliphatic carbocycles. The summed E-state index contributed by atoms with van der Waals surface area (Å²) in [6.45, 7) is 0.540. The molecule has 0 unspecified atom stereocenters. The van der Waals surface area contributed by atoms with Gasteiger partial charge in [-0.05, 0) is 54.4 Å². The van der Waals surface area contributed by atoms with Crippen LogP contribution < -0.4 is 10.1 Å². The van der Waals surface area contributed by atoms with E-state index in [-0.39, 0.29) is 17.2 Å². The van der Waals surface area contributed by atoms with Crippen molar-refractivity contribution in [2.75, 3.05) is 33.5 Å². The Labute approximate surface area is 181 Å². The minimum Gasteiger partial charge on any atom is -0.496 e. The first-order valence-electron chi connectivity index (χ1n) is 8.98. The van der Waals surface area contributed by atoms with Gasteiger partial charge < -0.3 is 10.1 Å². The van der Waals surface area contributed by atoms with E-state index >= 15 is 0 Å². The van der Waals surface area contributed by atoms with Gasteiger partial charge in [0, 0.05) is 42.7 Å². The lowest BCUT2D eigenvalue weighted by atomic mass is 10.1.